The van der Waals surface area contributed by atoms with Gasteiger partial charge in [0.15, 0.2) is 5.78 Å². The molecule has 0 aliphatic heterocycles. The van der Waals surface area contributed by atoms with Crippen LogP contribution < -0.4 is 27.6 Å². The number of carbonyl (C=O) groups excluding carboxylic acids is 2. The fourth-order valence-corrected chi connectivity index (χ4v) is 3.06. The molecular weight excluding hydrogens is 431 g/mol. The summed E-state index contributed by atoms with van der Waals surface area (Å²) in [5.41, 5.74) is 2.20. The maximum Gasteiger partial charge on any atom is 0.418 e. The summed E-state index contributed by atoms with van der Waals surface area (Å²) in [6.45, 7) is 4.24. The third kappa shape index (κ3) is 5.37. The van der Waals surface area contributed by atoms with Gasteiger partial charge in [-0.05, 0) is 24.1 Å². The fraction of sp³-hybridized carbons (Fsp3) is 0.400. The second-order valence-corrected chi connectivity index (χ2v) is 7.63. The average molecular weight is 455 g/mol. The van der Waals surface area contributed by atoms with Crippen LogP contribution in [0, 0.1) is 5.92 Å². The molecule has 0 saturated carbocycles. The second kappa shape index (κ2) is 9.28. The van der Waals surface area contributed by atoms with E-state index in [1.165, 1.54) is 13.1 Å². The van der Waals surface area contributed by atoms with Crippen molar-refractivity contribution in [2.45, 2.75) is 33.5 Å². The average Bonchev–Trinajstić information content (AvgIpc) is 2.67. The summed E-state index contributed by atoms with van der Waals surface area (Å²) >= 11 is 0. The van der Waals surface area contributed by atoms with E-state index in [-0.39, 0.29) is 24.0 Å². The van der Waals surface area contributed by atoms with Gasteiger partial charge in [0, 0.05) is 31.9 Å². The lowest BCUT2D eigenvalue weighted by Gasteiger charge is -2.18. The quantitative estimate of drug-likeness (QED) is 0.549. The molecule has 0 bridgehead atoms. The molecule has 32 heavy (non-hydrogen) atoms. The third-order valence-corrected chi connectivity index (χ3v) is 4.49. The van der Waals surface area contributed by atoms with Gasteiger partial charge in [0.2, 0.25) is 5.91 Å². The normalized spacial score (nSPS) is 11.5. The van der Waals surface area contributed by atoms with Gasteiger partial charge < -0.3 is 16.4 Å². The molecule has 0 fully saturated rings. The van der Waals surface area contributed by atoms with Gasteiger partial charge in [-0.15, -0.1) is 0 Å². The molecule has 1 aromatic heterocycles. The van der Waals surface area contributed by atoms with Crippen LogP contribution in [0.1, 0.15) is 36.7 Å². The number of alkyl halides is 3. The van der Waals surface area contributed by atoms with Crippen molar-refractivity contribution < 1.29 is 22.8 Å². The minimum Gasteiger partial charge on any atom is -0.384 e. The van der Waals surface area contributed by atoms with Gasteiger partial charge in [0.05, 0.1) is 12.1 Å². The first-order valence-electron chi connectivity index (χ1n) is 9.59. The zero-order chi connectivity index (χ0) is 24.4. The summed E-state index contributed by atoms with van der Waals surface area (Å²) < 4.78 is 42.2. The van der Waals surface area contributed by atoms with Crippen molar-refractivity contribution in [1.82, 2.24) is 9.13 Å². The topological polar surface area (TPSA) is 128 Å². The van der Waals surface area contributed by atoms with Gasteiger partial charge in [-0.25, -0.2) is 4.79 Å². The summed E-state index contributed by atoms with van der Waals surface area (Å²) in [6, 6.07) is 3.02. The van der Waals surface area contributed by atoms with E-state index in [0.717, 1.165) is 28.2 Å². The standard InChI is InChI=1S/C20H24F3N5O4/c1-10(2)9-28-17(24)16(18(31)27(4)19(28)32)15(30)8-25-14-6-5-12(26-11(3)29)7-13(14)20(21,22)23/h5-7,10,25H,8-9,24H2,1-4H3,(H,26,29). The Morgan fingerprint density at radius 1 is 1.19 bits per heavy atom. The van der Waals surface area contributed by atoms with Gasteiger partial charge in [-0.2, -0.15) is 13.2 Å². The van der Waals surface area contributed by atoms with Crippen LogP contribution in [-0.4, -0.2) is 27.4 Å². The van der Waals surface area contributed by atoms with Crippen molar-refractivity contribution in [3.8, 4) is 0 Å². The van der Waals surface area contributed by atoms with E-state index >= 15 is 0 Å². The minimum atomic E-state index is -4.78. The summed E-state index contributed by atoms with van der Waals surface area (Å²) in [7, 11) is 1.19. The Kier molecular flexibility index (Phi) is 7.17. The highest BCUT2D eigenvalue weighted by atomic mass is 19.4. The molecule has 0 atom stereocenters. The highest BCUT2D eigenvalue weighted by Crippen LogP contribution is 2.36. The summed E-state index contributed by atoms with van der Waals surface area (Å²) in [5, 5.41) is 4.63. The zero-order valence-corrected chi connectivity index (χ0v) is 18.0. The largest absolute Gasteiger partial charge is 0.418 e. The lowest BCUT2D eigenvalue weighted by molar-refractivity contribution is -0.137. The molecule has 2 rings (SSSR count). The number of nitrogens with zero attached hydrogens (tertiary/aromatic N) is 2. The molecule has 1 aromatic carbocycles. The molecule has 9 nitrogen and oxygen atoms in total. The van der Waals surface area contributed by atoms with Crippen molar-refractivity contribution in [3.05, 3.63) is 50.2 Å². The van der Waals surface area contributed by atoms with Crippen molar-refractivity contribution in [2.24, 2.45) is 13.0 Å². The Hall–Kier alpha value is -3.57. The number of benzene rings is 1. The predicted octanol–water partition coefficient (Wildman–Crippen LogP) is 2.06. The molecule has 0 saturated heterocycles. The van der Waals surface area contributed by atoms with Gasteiger partial charge in [-0.1, -0.05) is 13.8 Å². The van der Waals surface area contributed by atoms with E-state index in [0.29, 0.717) is 0 Å². The van der Waals surface area contributed by atoms with Crippen molar-refractivity contribution in [3.63, 3.8) is 0 Å². The minimum absolute atomic E-state index is 0.0231. The molecule has 0 unspecified atom stereocenters. The molecule has 174 valence electrons. The number of anilines is 3. The number of Topliss-reactive ketones (excluding diaryl/α,β-unsaturated/α-hetero) is 1. The summed E-state index contributed by atoms with van der Waals surface area (Å²) in [6.07, 6.45) is -4.78. The molecule has 2 aromatic rings. The SMILES string of the molecule is CC(=O)Nc1ccc(NCC(=O)c2c(N)n(CC(C)C)c(=O)n(C)c2=O)c(C(F)(F)F)c1. The lowest BCUT2D eigenvalue weighted by atomic mass is 10.1. The fourth-order valence-electron chi connectivity index (χ4n) is 3.06. The predicted molar refractivity (Wildman–Crippen MR) is 114 cm³/mol. The summed E-state index contributed by atoms with van der Waals surface area (Å²) in [4.78, 5) is 48.6. The first-order chi connectivity index (χ1) is 14.7. The Morgan fingerprint density at radius 2 is 1.81 bits per heavy atom. The smallest absolute Gasteiger partial charge is 0.384 e. The molecule has 0 aliphatic carbocycles. The van der Waals surface area contributed by atoms with E-state index < -0.39 is 52.5 Å². The summed E-state index contributed by atoms with van der Waals surface area (Å²) in [5.74, 6) is -1.78. The van der Waals surface area contributed by atoms with Gasteiger partial charge in [-0.3, -0.25) is 23.5 Å². The Bertz CT molecular complexity index is 1170. The molecule has 0 radical (unpaired) electrons. The number of carbonyl (C=O) groups is 2. The number of hydrogen-bond acceptors (Lipinski definition) is 6. The highest BCUT2D eigenvalue weighted by molar-refractivity contribution is 6.02. The van der Waals surface area contributed by atoms with Crippen LogP contribution in [0.25, 0.3) is 0 Å². The van der Waals surface area contributed by atoms with E-state index in [2.05, 4.69) is 10.6 Å². The number of ketones is 1. The van der Waals surface area contributed by atoms with Crippen LogP contribution >= 0.6 is 0 Å². The second-order valence-electron chi connectivity index (χ2n) is 7.63. The van der Waals surface area contributed by atoms with Crippen LogP contribution in [0.2, 0.25) is 0 Å². The number of amides is 1. The van der Waals surface area contributed by atoms with Crippen molar-refractivity contribution >= 4 is 28.9 Å². The number of rotatable bonds is 7. The molecule has 12 heteroatoms. The van der Waals surface area contributed by atoms with E-state index in [4.69, 9.17) is 5.73 Å². The number of hydrogen-bond donors (Lipinski definition) is 3. The van der Waals surface area contributed by atoms with Crippen LogP contribution in [0.5, 0.6) is 0 Å². The molecule has 0 spiro atoms. The number of nitrogens with one attached hydrogen (secondary N) is 2. The molecule has 4 N–H and O–H groups in total. The lowest BCUT2D eigenvalue weighted by Crippen LogP contribution is -2.43. The molecule has 1 heterocycles. The van der Waals surface area contributed by atoms with E-state index in [1.54, 1.807) is 0 Å². The van der Waals surface area contributed by atoms with Crippen LogP contribution in [0.15, 0.2) is 27.8 Å². The van der Waals surface area contributed by atoms with E-state index in [9.17, 15) is 32.3 Å². The molecular formula is C20H24F3N5O4. The number of nitrogens with two attached hydrogens (primary N) is 1. The Morgan fingerprint density at radius 3 is 2.34 bits per heavy atom. The van der Waals surface area contributed by atoms with Crippen molar-refractivity contribution in [1.29, 1.82) is 0 Å². The van der Waals surface area contributed by atoms with Gasteiger partial charge in [0.25, 0.3) is 5.56 Å². The van der Waals surface area contributed by atoms with E-state index in [1.807, 2.05) is 13.8 Å². The van der Waals surface area contributed by atoms with Crippen molar-refractivity contribution in [2.75, 3.05) is 22.9 Å². The van der Waals surface area contributed by atoms with Gasteiger partial charge in [0.1, 0.15) is 11.4 Å². The maximum atomic E-state index is 13.5. The van der Waals surface area contributed by atoms with Crippen LogP contribution in [0.4, 0.5) is 30.4 Å². The Balaban J connectivity index is 2.41. The highest BCUT2D eigenvalue weighted by Gasteiger charge is 2.34. The Labute approximate surface area is 181 Å². The number of halogens is 3. The maximum absolute atomic E-state index is 13.5. The molecule has 1 amide bonds. The number of aromatic nitrogens is 2. The third-order valence-electron chi connectivity index (χ3n) is 4.49. The van der Waals surface area contributed by atoms with Gasteiger partial charge >= 0.3 is 11.9 Å². The number of nitrogen functional groups attached to an aromatic ring is 1. The monoisotopic (exact) mass is 455 g/mol. The van der Waals surface area contributed by atoms with Crippen LogP contribution in [-0.2, 0) is 24.6 Å². The first kappa shape index (κ1) is 24.7. The molecule has 0 aliphatic rings. The van der Waals surface area contributed by atoms with Crippen LogP contribution in [0.3, 0.4) is 0 Å². The zero-order valence-electron chi connectivity index (χ0n) is 18.0. The first-order valence-corrected chi connectivity index (χ1v) is 9.59.